The van der Waals surface area contributed by atoms with Crippen molar-refractivity contribution >= 4 is 15.9 Å². The van der Waals surface area contributed by atoms with Crippen molar-refractivity contribution in [2.75, 3.05) is 5.73 Å². The van der Waals surface area contributed by atoms with E-state index >= 15 is 0 Å². The van der Waals surface area contributed by atoms with Gasteiger partial charge in [0.05, 0.1) is 4.90 Å². The van der Waals surface area contributed by atoms with Crippen LogP contribution in [0.3, 0.4) is 0 Å². The number of rotatable bonds is 1. The standard InChI is InChI=1S/C7H10N2.C7H8O3S.C5H5N/c1-5-3-4-9-7(8)6(5)2;1-6-2-4-7(5-3-6)11(8,9)10;1-2-4-6-5-3-1/h3-4H,1-2H3,(H2,8,9);2-5H,1H3,(H,8,9,10);1-5H. The van der Waals surface area contributed by atoms with Crippen LogP contribution in [-0.4, -0.2) is 22.9 Å². The van der Waals surface area contributed by atoms with Crippen LogP contribution in [0.1, 0.15) is 16.7 Å². The summed E-state index contributed by atoms with van der Waals surface area (Å²) in [5.74, 6) is 0.634. The van der Waals surface area contributed by atoms with E-state index in [0.717, 1.165) is 11.1 Å². The van der Waals surface area contributed by atoms with E-state index in [4.69, 9.17) is 10.3 Å². The number of anilines is 1. The molecule has 26 heavy (non-hydrogen) atoms. The van der Waals surface area contributed by atoms with Crippen molar-refractivity contribution < 1.29 is 13.0 Å². The highest BCUT2D eigenvalue weighted by Gasteiger charge is 2.06. The number of benzene rings is 1. The lowest BCUT2D eigenvalue weighted by atomic mass is 10.2. The molecular weight excluding hydrogens is 350 g/mol. The zero-order chi connectivity index (χ0) is 19.6. The number of nitrogens with two attached hydrogens (primary N) is 1. The van der Waals surface area contributed by atoms with Crippen molar-refractivity contribution in [3.05, 3.63) is 83.8 Å². The van der Waals surface area contributed by atoms with Crippen LogP contribution in [0.5, 0.6) is 0 Å². The lowest BCUT2D eigenvalue weighted by Crippen LogP contribution is -1.96. The molecule has 0 bridgehead atoms. The average Bonchev–Trinajstić information content (AvgIpc) is 2.62. The van der Waals surface area contributed by atoms with Gasteiger partial charge in [-0.05, 0) is 62.2 Å². The molecule has 0 aliphatic heterocycles. The molecule has 3 aromatic rings. The van der Waals surface area contributed by atoms with Gasteiger partial charge in [-0.25, -0.2) is 4.98 Å². The molecule has 0 aliphatic rings. The van der Waals surface area contributed by atoms with Crippen LogP contribution in [0, 0.1) is 20.8 Å². The Morgan fingerprint density at radius 1 is 0.885 bits per heavy atom. The predicted molar refractivity (Wildman–Crippen MR) is 103 cm³/mol. The van der Waals surface area contributed by atoms with Gasteiger partial charge in [0.2, 0.25) is 0 Å². The quantitative estimate of drug-likeness (QED) is 0.631. The van der Waals surface area contributed by atoms with Gasteiger partial charge < -0.3 is 5.73 Å². The number of nitrogens with zero attached hydrogens (tertiary/aromatic N) is 2. The van der Waals surface area contributed by atoms with E-state index in [0.29, 0.717) is 5.82 Å². The Morgan fingerprint density at radius 3 is 1.81 bits per heavy atom. The van der Waals surface area contributed by atoms with Gasteiger partial charge >= 0.3 is 0 Å². The van der Waals surface area contributed by atoms with Crippen molar-refractivity contribution in [3.8, 4) is 0 Å². The van der Waals surface area contributed by atoms with Gasteiger partial charge in [0, 0.05) is 18.6 Å². The summed E-state index contributed by atoms with van der Waals surface area (Å²) in [5.41, 5.74) is 8.74. The lowest BCUT2D eigenvalue weighted by molar-refractivity contribution is 0.483. The smallest absolute Gasteiger partial charge is 0.294 e. The molecule has 2 aromatic heterocycles. The summed E-state index contributed by atoms with van der Waals surface area (Å²) in [6.45, 7) is 5.83. The van der Waals surface area contributed by atoms with Crippen molar-refractivity contribution in [1.29, 1.82) is 0 Å². The van der Waals surface area contributed by atoms with Crippen molar-refractivity contribution in [2.24, 2.45) is 0 Å². The molecule has 7 heteroatoms. The Labute approximate surface area is 154 Å². The third kappa shape index (κ3) is 7.87. The fourth-order valence-corrected chi connectivity index (χ4v) is 2.16. The van der Waals surface area contributed by atoms with Crippen LogP contribution in [0.25, 0.3) is 0 Å². The SMILES string of the molecule is Cc1ccc(S(=O)(=O)O)cc1.Cc1ccnc(N)c1C.c1ccncc1. The summed E-state index contributed by atoms with van der Waals surface area (Å²) < 4.78 is 29.6. The molecule has 2 heterocycles. The third-order valence-electron chi connectivity index (χ3n) is 3.40. The van der Waals surface area contributed by atoms with Gasteiger partial charge in [0.1, 0.15) is 5.82 Å². The number of aromatic nitrogens is 2. The molecule has 6 nitrogen and oxygen atoms in total. The Bertz CT molecular complexity index is 850. The minimum absolute atomic E-state index is 0.0666. The predicted octanol–water partition coefficient (Wildman–Crippen LogP) is 3.60. The maximum atomic E-state index is 10.5. The Balaban J connectivity index is 0.000000203. The molecule has 0 amide bonds. The number of aryl methyl sites for hydroxylation is 2. The van der Waals surface area contributed by atoms with Gasteiger partial charge in [-0.2, -0.15) is 8.42 Å². The van der Waals surface area contributed by atoms with E-state index in [1.54, 1.807) is 30.7 Å². The first-order chi connectivity index (χ1) is 12.2. The lowest BCUT2D eigenvalue weighted by Gasteiger charge is -1.99. The van der Waals surface area contributed by atoms with E-state index in [-0.39, 0.29) is 4.90 Å². The third-order valence-corrected chi connectivity index (χ3v) is 4.27. The number of hydrogen-bond acceptors (Lipinski definition) is 5. The summed E-state index contributed by atoms with van der Waals surface area (Å²) in [5, 5.41) is 0. The first-order valence-electron chi connectivity index (χ1n) is 7.78. The van der Waals surface area contributed by atoms with Gasteiger partial charge in [-0.1, -0.05) is 23.8 Å². The minimum Gasteiger partial charge on any atom is -0.383 e. The van der Waals surface area contributed by atoms with Crippen molar-refractivity contribution in [1.82, 2.24) is 9.97 Å². The summed E-state index contributed by atoms with van der Waals surface area (Å²) in [6, 6.07) is 13.7. The van der Waals surface area contributed by atoms with E-state index in [1.807, 2.05) is 45.0 Å². The molecule has 3 rings (SSSR count). The van der Waals surface area contributed by atoms with Crippen LogP contribution in [-0.2, 0) is 10.1 Å². The van der Waals surface area contributed by atoms with Crippen LogP contribution in [0.4, 0.5) is 5.82 Å². The molecule has 0 saturated carbocycles. The molecule has 0 fully saturated rings. The number of nitrogen functional groups attached to an aromatic ring is 1. The summed E-state index contributed by atoms with van der Waals surface area (Å²) in [7, 11) is -4.02. The minimum atomic E-state index is -4.02. The average molecular weight is 373 g/mol. The molecule has 1 aromatic carbocycles. The highest BCUT2D eigenvalue weighted by atomic mass is 32.2. The molecule has 0 saturated heterocycles. The Morgan fingerprint density at radius 2 is 1.46 bits per heavy atom. The molecule has 0 radical (unpaired) electrons. The topological polar surface area (TPSA) is 106 Å². The normalized spacial score (nSPS) is 10.0. The van der Waals surface area contributed by atoms with E-state index < -0.39 is 10.1 Å². The molecular formula is C19H23N3O3S. The molecule has 3 N–H and O–H groups in total. The van der Waals surface area contributed by atoms with Crippen LogP contribution < -0.4 is 5.73 Å². The van der Waals surface area contributed by atoms with E-state index in [9.17, 15) is 8.42 Å². The fraction of sp³-hybridized carbons (Fsp3) is 0.158. The molecule has 0 unspecified atom stereocenters. The second-order valence-electron chi connectivity index (χ2n) is 5.45. The zero-order valence-corrected chi connectivity index (χ0v) is 15.8. The highest BCUT2D eigenvalue weighted by molar-refractivity contribution is 7.85. The highest BCUT2D eigenvalue weighted by Crippen LogP contribution is 2.10. The Kier molecular flexibility index (Phi) is 8.41. The van der Waals surface area contributed by atoms with Gasteiger partial charge in [0.25, 0.3) is 10.1 Å². The summed E-state index contributed by atoms with van der Waals surface area (Å²) >= 11 is 0. The van der Waals surface area contributed by atoms with Crippen molar-refractivity contribution in [3.63, 3.8) is 0 Å². The Hall–Kier alpha value is -2.77. The van der Waals surface area contributed by atoms with Crippen LogP contribution >= 0.6 is 0 Å². The van der Waals surface area contributed by atoms with Crippen LogP contribution in [0.2, 0.25) is 0 Å². The van der Waals surface area contributed by atoms with E-state index in [2.05, 4.69) is 9.97 Å². The zero-order valence-electron chi connectivity index (χ0n) is 15.0. The van der Waals surface area contributed by atoms with Gasteiger partial charge in [-0.15, -0.1) is 0 Å². The number of pyridine rings is 2. The number of hydrogen-bond donors (Lipinski definition) is 2. The first kappa shape index (κ1) is 21.3. The summed E-state index contributed by atoms with van der Waals surface area (Å²) in [6.07, 6.45) is 5.22. The van der Waals surface area contributed by atoms with Gasteiger partial charge in [0.15, 0.2) is 0 Å². The first-order valence-corrected chi connectivity index (χ1v) is 9.22. The fourth-order valence-electron chi connectivity index (χ4n) is 1.68. The maximum absolute atomic E-state index is 10.5. The van der Waals surface area contributed by atoms with Crippen molar-refractivity contribution in [2.45, 2.75) is 25.7 Å². The molecule has 0 spiro atoms. The maximum Gasteiger partial charge on any atom is 0.294 e. The second-order valence-corrected chi connectivity index (χ2v) is 6.87. The monoisotopic (exact) mass is 373 g/mol. The van der Waals surface area contributed by atoms with E-state index in [1.165, 1.54) is 17.7 Å². The summed E-state index contributed by atoms with van der Waals surface area (Å²) in [4.78, 5) is 7.64. The molecule has 0 atom stereocenters. The second kappa shape index (κ2) is 10.3. The van der Waals surface area contributed by atoms with Crippen LogP contribution in [0.15, 0.2) is 72.0 Å². The molecule has 0 aliphatic carbocycles. The van der Waals surface area contributed by atoms with Gasteiger partial charge in [-0.3, -0.25) is 9.54 Å². The largest absolute Gasteiger partial charge is 0.383 e. The molecule has 138 valence electrons.